The highest BCUT2D eigenvalue weighted by Gasteiger charge is 2.16. The summed E-state index contributed by atoms with van der Waals surface area (Å²) in [5, 5.41) is 3.80. The molecule has 0 aliphatic heterocycles. The van der Waals surface area contributed by atoms with Crippen LogP contribution in [0, 0.1) is 10.5 Å². The highest BCUT2D eigenvalue weighted by atomic mass is 127. The number of nitrogens with one attached hydrogen (secondary N) is 1. The van der Waals surface area contributed by atoms with Crippen LogP contribution in [-0.2, 0) is 0 Å². The lowest BCUT2D eigenvalue weighted by molar-refractivity contribution is 0.0934. The number of hydrogen-bond acceptors (Lipinski definition) is 1. The van der Waals surface area contributed by atoms with Gasteiger partial charge in [-0.15, -0.1) is 0 Å². The molecule has 0 fully saturated rings. The SMILES string of the molecule is CCC(NC(=O)c1cccc(C)c1I)c1ccc(Cl)cc1. The lowest BCUT2D eigenvalue weighted by Gasteiger charge is -2.18. The summed E-state index contributed by atoms with van der Waals surface area (Å²) in [7, 11) is 0. The normalized spacial score (nSPS) is 12.0. The maximum Gasteiger partial charge on any atom is 0.252 e. The molecule has 0 saturated heterocycles. The zero-order valence-electron chi connectivity index (χ0n) is 12.0. The molecule has 0 aromatic heterocycles. The molecule has 0 saturated carbocycles. The monoisotopic (exact) mass is 413 g/mol. The first-order valence-corrected chi connectivity index (χ1v) is 8.30. The number of aryl methyl sites for hydroxylation is 1. The van der Waals surface area contributed by atoms with Gasteiger partial charge in [0.15, 0.2) is 0 Å². The number of benzene rings is 2. The van der Waals surface area contributed by atoms with Gasteiger partial charge < -0.3 is 5.32 Å². The van der Waals surface area contributed by atoms with Crippen molar-refractivity contribution >= 4 is 40.1 Å². The van der Waals surface area contributed by atoms with Crippen molar-refractivity contribution in [1.82, 2.24) is 5.32 Å². The molecular formula is C17H17ClINO. The highest BCUT2D eigenvalue weighted by Crippen LogP contribution is 2.21. The molecule has 0 radical (unpaired) electrons. The van der Waals surface area contributed by atoms with Crippen LogP contribution in [0.15, 0.2) is 42.5 Å². The molecule has 0 aliphatic carbocycles. The van der Waals surface area contributed by atoms with Gasteiger partial charge in [0, 0.05) is 8.59 Å². The first kappa shape index (κ1) is 16.3. The Bertz CT molecular complexity index is 640. The maximum absolute atomic E-state index is 12.5. The van der Waals surface area contributed by atoms with E-state index < -0.39 is 0 Å². The zero-order valence-corrected chi connectivity index (χ0v) is 14.9. The molecule has 0 heterocycles. The number of rotatable bonds is 4. The van der Waals surface area contributed by atoms with Gasteiger partial charge in [-0.25, -0.2) is 0 Å². The van der Waals surface area contributed by atoms with Crippen LogP contribution in [0.25, 0.3) is 0 Å². The third-order valence-corrected chi connectivity index (χ3v) is 5.11. The van der Waals surface area contributed by atoms with Crippen LogP contribution in [0.4, 0.5) is 0 Å². The van der Waals surface area contributed by atoms with Crippen molar-refractivity contribution < 1.29 is 4.79 Å². The van der Waals surface area contributed by atoms with E-state index in [0.29, 0.717) is 5.02 Å². The van der Waals surface area contributed by atoms with E-state index in [0.717, 1.165) is 26.7 Å². The Labute approximate surface area is 144 Å². The van der Waals surface area contributed by atoms with E-state index in [-0.39, 0.29) is 11.9 Å². The first-order valence-electron chi connectivity index (χ1n) is 6.84. The van der Waals surface area contributed by atoms with Crippen molar-refractivity contribution in [3.63, 3.8) is 0 Å². The van der Waals surface area contributed by atoms with Crippen LogP contribution in [-0.4, -0.2) is 5.91 Å². The van der Waals surface area contributed by atoms with Crippen LogP contribution in [0.3, 0.4) is 0 Å². The lowest BCUT2D eigenvalue weighted by atomic mass is 10.0. The largest absolute Gasteiger partial charge is 0.345 e. The van der Waals surface area contributed by atoms with Crippen LogP contribution in [0.2, 0.25) is 5.02 Å². The third-order valence-electron chi connectivity index (χ3n) is 3.42. The maximum atomic E-state index is 12.5. The molecule has 1 atom stereocenters. The molecule has 2 rings (SSSR count). The Morgan fingerprint density at radius 1 is 1.24 bits per heavy atom. The van der Waals surface area contributed by atoms with Crippen LogP contribution in [0.1, 0.15) is 40.9 Å². The minimum atomic E-state index is -0.0371. The van der Waals surface area contributed by atoms with Crippen LogP contribution < -0.4 is 5.32 Å². The van der Waals surface area contributed by atoms with Gasteiger partial charge in [0.25, 0.3) is 5.91 Å². The summed E-state index contributed by atoms with van der Waals surface area (Å²) < 4.78 is 0.999. The number of halogens is 2. The van der Waals surface area contributed by atoms with Crippen molar-refractivity contribution in [2.24, 2.45) is 0 Å². The summed E-state index contributed by atoms with van der Waals surface area (Å²) >= 11 is 8.13. The van der Waals surface area contributed by atoms with Crippen LogP contribution >= 0.6 is 34.2 Å². The average molecular weight is 414 g/mol. The molecule has 21 heavy (non-hydrogen) atoms. The molecule has 0 bridgehead atoms. The van der Waals surface area contributed by atoms with Crippen molar-refractivity contribution in [2.75, 3.05) is 0 Å². The molecule has 2 aromatic rings. The van der Waals surface area contributed by atoms with E-state index in [4.69, 9.17) is 11.6 Å². The topological polar surface area (TPSA) is 29.1 Å². The van der Waals surface area contributed by atoms with Gasteiger partial charge in [-0.2, -0.15) is 0 Å². The summed E-state index contributed by atoms with van der Waals surface area (Å²) in [6, 6.07) is 13.4. The predicted octanol–water partition coefficient (Wildman–Crippen LogP) is 5.13. The number of amides is 1. The first-order chi connectivity index (χ1) is 10.0. The molecule has 0 spiro atoms. The molecule has 0 aliphatic rings. The summed E-state index contributed by atoms with van der Waals surface area (Å²) in [6.45, 7) is 4.07. The number of carbonyl (C=O) groups is 1. The van der Waals surface area contributed by atoms with E-state index >= 15 is 0 Å². The smallest absolute Gasteiger partial charge is 0.252 e. The number of carbonyl (C=O) groups excluding carboxylic acids is 1. The molecule has 1 unspecified atom stereocenters. The van der Waals surface area contributed by atoms with Crippen molar-refractivity contribution in [3.05, 3.63) is 67.7 Å². The minimum Gasteiger partial charge on any atom is -0.345 e. The summed E-state index contributed by atoms with van der Waals surface area (Å²) in [4.78, 5) is 12.5. The second-order valence-corrected chi connectivity index (χ2v) is 6.44. The fourth-order valence-electron chi connectivity index (χ4n) is 2.17. The van der Waals surface area contributed by atoms with Gasteiger partial charge in [0.2, 0.25) is 0 Å². The summed E-state index contributed by atoms with van der Waals surface area (Å²) in [5.41, 5.74) is 2.91. The van der Waals surface area contributed by atoms with E-state index in [2.05, 4.69) is 34.8 Å². The molecule has 110 valence electrons. The summed E-state index contributed by atoms with van der Waals surface area (Å²) in [6.07, 6.45) is 0.829. The van der Waals surface area contributed by atoms with Gasteiger partial charge in [-0.1, -0.05) is 42.8 Å². The molecule has 2 aromatic carbocycles. The highest BCUT2D eigenvalue weighted by molar-refractivity contribution is 14.1. The molecule has 2 nitrogen and oxygen atoms in total. The van der Waals surface area contributed by atoms with E-state index in [1.807, 2.05) is 49.4 Å². The Hall–Kier alpha value is -1.07. The Morgan fingerprint density at radius 3 is 2.52 bits per heavy atom. The average Bonchev–Trinajstić information content (AvgIpc) is 2.48. The standard InChI is InChI=1S/C17H17ClINO/c1-3-15(12-7-9-13(18)10-8-12)20-17(21)14-6-4-5-11(2)16(14)19/h4-10,15H,3H2,1-2H3,(H,20,21). The molecule has 4 heteroatoms. The molecule has 1 N–H and O–H groups in total. The van der Waals surface area contributed by atoms with Crippen molar-refractivity contribution in [1.29, 1.82) is 0 Å². The van der Waals surface area contributed by atoms with E-state index in [1.165, 1.54) is 0 Å². The van der Waals surface area contributed by atoms with Gasteiger partial charge >= 0.3 is 0 Å². The minimum absolute atomic E-state index is 0.00826. The van der Waals surface area contributed by atoms with Crippen LogP contribution in [0.5, 0.6) is 0 Å². The van der Waals surface area contributed by atoms with Gasteiger partial charge in [-0.3, -0.25) is 4.79 Å². The summed E-state index contributed by atoms with van der Waals surface area (Å²) in [5.74, 6) is -0.0371. The second-order valence-electron chi connectivity index (χ2n) is 4.92. The molecule has 1 amide bonds. The number of hydrogen-bond donors (Lipinski definition) is 1. The Morgan fingerprint density at radius 2 is 1.90 bits per heavy atom. The Kier molecular flexibility index (Phi) is 5.65. The fraction of sp³-hybridized carbons (Fsp3) is 0.235. The lowest BCUT2D eigenvalue weighted by Crippen LogP contribution is -2.28. The quantitative estimate of drug-likeness (QED) is 0.691. The van der Waals surface area contributed by atoms with Gasteiger partial charge in [0.05, 0.1) is 11.6 Å². The Balaban J connectivity index is 2.20. The van der Waals surface area contributed by atoms with Gasteiger partial charge in [0.1, 0.15) is 0 Å². The molecular weight excluding hydrogens is 397 g/mol. The van der Waals surface area contributed by atoms with Gasteiger partial charge in [-0.05, 0) is 65.3 Å². The third kappa shape index (κ3) is 3.98. The van der Waals surface area contributed by atoms with Crippen molar-refractivity contribution in [3.8, 4) is 0 Å². The second kappa shape index (κ2) is 7.27. The van der Waals surface area contributed by atoms with E-state index in [9.17, 15) is 4.79 Å². The van der Waals surface area contributed by atoms with Crippen molar-refractivity contribution in [2.45, 2.75) is 26.3 Å². The zero-order chi connectivity index (χ0) is 15.4. The van der Waals surface area contributed by atoms with E-state index in [1.54, 1.807) is 0 Å². The fourth-order valence-corrected chi connectivity index (χ4v) is 2.91. The predicted molar refractivity (Wildman–Crippen MR) is 95.8 cm³/mol.